The normalized spacial score (nSPS) is 14.6. The van der Waals surface area contributed by atoms with Gasteiger partial charge in [0.1, 0.15) is 0 Å². The van der Waals surface area contributed by atoms with Gasteiger partial charge >= 0.3 is 0 Å². The molecule has 18 heavy (non-hydrogen) atoms. The second-order valence-corrected chi connectivity index (χ2v) is 11.6. The van der Waals surface area contributed by atoms with E-state index in [1.807, 2.05) is 6.92 Å². The van der Waals surface area contributed by atoms with E-state index in [9.17, 15) is 5.11 Å². The molecule has 1 N–H and O–H groups in total. The second kappa shape index (κ2) is 7.46. The van der Waals surface area contributed by atoms with Crippen molar-refractivity contribution in [2.75, 3.05) is 6.61 Å². The first-order valence-electron chi connectivity index (χ1n) is 7.19. The van der Waals surface area contributed by atoms with E-state index in [0.717, 1.165) is 5.57 Å². The van der Waals surface area contributed by atoms with Gasteiger partial charge in [0, 0.05) is 0 Å². The molecule has 1 atom stereocenters. The lowest BCUT2D eigenvalue weighted by atomic mass is 10.1. The van der Waals surface area contributed by atoms with Gasteiger partial charge in [-0.3, -0.25) is 0 Å². The summed E-state index contributed by atoms with van der Waals surface area (Å²) in [7, 11) is -1.82. The Balaban J connectivity index is 4.87. The van der Waals surface area contributed by atoms with Gasteiger partial charge in [0.2, 0.25) is 8.32 Å². The Bertz CT molecular complexity index is 237. The van der Waals surface area contributed by atoms with Gasteiger partial charge in [-0.25, -0.2) is 0 Å². The first-order chi connectivity index (χ1) is 8.20. The molecule has 0 aliphatic rings. The zero-order chi connectivity index (χ0) is 14.5. The standard InChI is InChI=1S/C15H32O2Si/c1-9-15(16)14(8)10-17-18(11(2)3,12(4)5)13(6)7/h11-13,15-16H,8-10H2,1-7H3. The van der Waals surface area contributed by atoms with Gasteiger partial charge < -0.3 is 9.53 Å². The van der Waals surface area contributed by atoms with E-state index in [-0.39, 0.29) is 0 Å². The van der Waals surface area contributed by atoms with Crippen molar-refractivity contribution in [1.29, 1.82) is 0 Å². The van der Waals surface area contributed by atoms with Crippen LogP contribution in [0.15, 0.2) is 12.2 Å². The fraction of sp³-hybridized carbons (Fsp3) is 0.867. The zero-order valence-corrected chi connectivity index (χ0v) is 14.3. The Labute approximate surface area is 115 Å². The highest BCUT2D eigenvalue weighted by atomic mass is 28.4. The van der Waals surface area contributed by atoms with E-state index < -0.39 is 14.4 Å². The first kappa shape index (κ1) is 17.9. The number of aliphatic hydroxyl groups excluding tert-OH is 1. The minimum absolute atomic E-state index is 0.428. The van der Waals surface area contributed by atoms with Gasteiger partial charge in [-0.2, -0.15) is 0 Å². The van der Waals surface area contributed by atoms with Gasteiger partial charge in [-0.15, -0.1) is 0 Å². The molecule has 3 heteroatoms. The summed E-state index contributed by atoms with van der Waals surface area (Å²) in [6.45, 7) is 20.0. The SMILES string of the molecule is C=C(CO[Si](C(C)C)(C(C)C)C(C)C)C(O)CC. The fourth-order valence-corrected chi connectivity index (χ4v) is 8.54. The van der Waals surface area contributed by atoms with Crippen molar-refractivity contribution >= 4 is 8.32 Å². The third kappa shape index (κ3) is 3.94. The molecule has 0 saturated carbocycles. The monoisotopic (exact) mass is 272 g/mol. The molecule has 0 rings (SSSR count). The van der Waals surface area contributed by atoms with E-state index in [0.29, 0.717) is 29.7 Å². The summed E-state index contributed by atoms with van der Waals surface area (Å²) in [5.41, 5.74) is 2.54. The number of aliphatic hydroxyl groups is 1. The van der Waals surface area contributed by atoms with E-state index in [1.54, 1.807) is 0 Å². The Morgan fingerprint density at radius 1 is 1.06 bits per heavy atom. The third-order valence-electron chi connectivity index (χ3n) is 4.07. The molecule has 1 unspecified atom stereocenters. The van der Waals surface area contributed by atoms with Crippen molar-refractivity contribution in [1.82, 2.24) is 0 Å². The largest absolute Gasteiger partial charge is 0.412 e. The summed E-state index contributed by atoms with van der Waals surface area (Å²) >= 11 is 0. The highest BCUT2D eigenvalue weighted by molar-refractivity contribution is 6.77. The molecule has 0 saturated heterocycles. The second-order valence-electron chi connectivity index (χ2n) is 6.19. The third-order valence-corrected chi connectivity index (χ3v) is 10.1. The Morgan fingerprint density at radius 3 is 1.72 bits per heavy atom. The predicted octanol–water partition coefficient (Wildman–Crippen LogP) is 4.51. The molecule has 0 aromatic rings. The Kier molecular flexibility index (Phi) is 7.41. The topological polar surface area (TPSA) is 29.5 Å². The first-order valence-corrected chi connectivity index (χ1v) is 9.33. The maximum atomic E-state index is 9.77. The van der Waals surface area contributed by atoms with Crippen LogP contribution in [-0.2, 0) is 4.43 Å². The van der Waals surface area contributed by atoms with Gasteiger partial charge in [0.25, 0.3) is 0 Å². The van der Waals surface area contributed by atoms with Crippen LogP contribution in [0.25, 0.3) is 0 Å². The van der Waals surface area contributed by atoms with E-state index in [2.05, 4.69) is 48.1 Å². The minimum Gasteiger partial charge on any atom is -0.412 e. The van der Waals surface area contributed by atoms with Crippen LogP contribution in [0.4, 0.5) is 0 Å². The molecule has 108 valence electrons. The lowest BCUT2D eigenvalue weighted by molar-refractivity contribution is 0.184. The van der Waals surface area contributed by atoms with Crippen molar-refractivity contribution in [3.8, 4) is 0 Å². The van der Waals surface area contributed by atoms with Gasteiger partial charge in [-0.1, -0.05) is 55.0 Å². The maximum absolute atomic E-state index is 9.77. The van der Waals surface area contributed by atoms with Crippen LogP contribution in [0.1, 0.15) is 54.9 Å². The number of hydrogen-bond acceptors (Lipinski definition) is 2. The van der Waals surface area contributed by atoms with Crippen LogP contribution < -0.4 is 0 Å². The molecule has 0 aliphatic carbocycles. The minimum atomic E-state index is -1.82. The van der Waals surface area contributed by atoms with Crippen LogP contribution >= 0.6 is 0 Å². The van der Waals surface area contributed by atoms with E-state index >= 15 is 0 Å². The average Bonchev–Trinajstić information content (AvgIpc) is 2.26. The molecule has 2 nitrogen and oxygen atoms in total. The molecule has 0 fully saturated rings. The molecule has 0 heterocycles. The number of hydrogen-bond donors (Lipinski definition) is 1. The lowest BCUT2D eigenvalue weighted by Gasteiger charge is -2.42. The van der Waals surface area contributed by atoms with Crippen LogP contribution in [-0.4, -0.2) is 26.1 Å². The number of rotatable bonds is 8. The van der Waals surface area contributed by atoms with Crippen molar-refractivity contribution in [3.05, 3.63) is 12.2 Å². The molecule has 0 aromatic heterocycles. The van der Waals surface area contributed by atoms with Crippen molar-refractivity contribution in [2.24, 2.45) is 0 Å². The van der Waals surface area contributed by atoms with Crippen LogP contribution in [0.5, 0.6) is 0 Å². The molecular formula is C15H32O2Si. The summed E-state index contributed by atoms with van der Waals surface area (Å²) < 4.78 is 6.38. The fourth-order valence-electron chi connectivity index (χ4n) is 3.10. The predicted molar refractivity (Wildman–Crippen MR) is 82.4 cm³/mol. The molecule has 0 spiro atoms. The average molecular weight is 273 g/mol. The molecule has 0 radical (unpaired) electrons. The van der Waals surface area contributed by atoms with E-state index in [1.165, 1.54) is 0 Å². The van der Waals surface area contributed by atoms with Crippen LogP contribution in [0.3, 0.4) is 0 Å². The molecule has 0 bridgehead atoms. The summed E-state index contributed by atoms with van der Waals surface area (Å²) in [6.07, 6.45) is 0.282. The lowest BCUT2D eigenvalue weighted by Crippen LogP contribution is -2.48. The van der Waals surface area contributed by atoms with E-state index in [4.69, 9.17) is 4.43 Å². The molecular weight excluding hydrogens is 240 g/mol. The molecule has 0 aromatic carbocycles. The summed E-state index contributed by atoms with van der Waals surface area (Å²) in [5, 5.41) is 9.77. The van der Waals surface area contributed by atoms with Crippen molar-refractivity contribution < 1.29 is 9.53 Å². The van der Waals surface area contributed by atoms with Gasteiger partial charge in [0.15, 0.2) is 0 Å². The maximum Gasteiger partial charge on any atom is 0.200 e. The van der Waals surface area contributed by atoms with Gasteiger partial charge in [0.05, 0.1) is 12.7 Å². The van der Waals surface area contributed by atoms with Crippen LogP contribution in [0, 0.1) is 0 Å². The quantitative estimate of drug-likeness (QED) is 0.520. The highest BCUT2D eigenvalue weighted by Gasteiger charge is 2.45. The summed E-state index contributed by atoms with van der Waals surface area (Å²) in [5.74, 6) is 0. The van der Waals surface area contributed by atoms with Crippen molar-refractivity contribution in [3.63, 3.8) is 0 Å². The smallest absolute Gasteiger partial charge is 0.200 e. The Morgan fingerprint density at radius 2 is 1.44 bits per heavy atom. The summed E-state index contributed by atoms with van der Waals surface area (Å²) in [4.78, 5) is 0. The molecule has 0 amide bonds. The highest BCUT2D eigenvalue weighted by Crippen LogP contribution is 2.42. The van der Waals surface area contributed by atoms with Crippen LogP contribution in [0.2, 0.25) is 16.6 Å². The zero-order valence-electron chi connectivity index (χ0n) is 13.3. The van der Waals surface area contributed by atoms with Gasteiger partial charge in [-0.05, 0) is 28.6 Å². The van der Waals surface area contributed by atoms with Crippen molar-refractivity contribution in [2.45, 2.75) is 77.6 Å². The summed E-state index contributed by atoms with van der Waals surface area (Å²) in [6, 6.07) is 0. The molecule has 0 aliphatic heterocycles. The Hall–Kier alpha value is -0.123.